The predicted octanol–water partition coefficient (Wildman–Crippen LogP) is 3.60. The van der Waals surface area contributed by atoms with E-state index in [1.807, 2.05) is 18.2 Å². The fourth-order valence-electron chi connectivity index (χ4n) is 3.76. The second-order valence-electron chi connectivity index (χ2n) is 6.73. The number of thiophene rings is 1. The Hall–Kier alpha value is -2.47. The molecule has 3 aromatic rings. The standard InChI is InChI=1S/C20H20N2O3S/c23-19-17-16-14(20(24)25)9-4-10-15(16)26-18(17)21-12-22(19)11-5-8-13-6-2-1-3-7-13/h1-3,6-7,12,14H,4-5,8-11H2,(H,24,25). The Bertz CT molecular complexity index is 1010. The molecule has 0 fully saturated rings. The van der Waals surface area contributed by atoms with Gasteiger partial charge in [0.15, 0.2) is 0 Å². The van der Waals surface area contributed by atoms with Gasteiger partial charge in [0.05, 0.1) is 17.6 Å². The van der Waals surface area contributed by atoms with Crippen molar-refractivity contribution in [2.75, 3.05) is 0 Å². The van der Waals surface area contributed by atoms with Gasteiger partial charge in [-0.2, -0.15) is 0 Å². The van der Waals surface area contributed by atoms with Crippen LogP contribution in [0.5, 0.6) is 0 Å². The highest BCUT2D eigenvalue weighted by Crippen LogP contribution is 2.40. The lowest BCUT2D eigenvalue weighted by molar-refractivity contribution is -0.139. The lowest BCUT2D eigenvalue weighted by Crippen LogP contribution is -2.24. The third-order valence-corrected chi connectivity index (χ3v) is 6.22. The highest BCUT2D eigenvalue weighted by molar-refractivity contribution is 7.18. The molecule has 1 N–H and O–H groups in total. The van der Waals surface area contributed by atoms with Crippen molar-refractivity contribution in [1.29, 1.82) is 0 Å². The van der Waals surface area contributed by atoms with Gasteiger partial charge < -0.3 is 5.11 Å². The molecule has 1 aromatic carbocycles. The predicted molar refractivity (Wildman–Crippen MR) is 102 cm³/mol. The summed E-state index contributed by atoms with van der Waals surface area (Å²) in [6, 6.07) is 10.2. The molecule has 2 heterocycles. The monoisotopic (exact) mass is 368 g/mol. The molecule has 5 nitrogen and oxygen atoms in total. The molecule has 0 bridgehead atoms. The molecule has 1 aliphatic rings. The number of rotatable bonds is 5. The molecule has 0 saturated heterocycles. The molecule has 0 radical (unpaired) electrons. The SMILES string of the molecule is O=C(O)C1CCCc2sc3ncn(CCCc4ccccc4)c(=O)c3c21. The zero-order valence-corrected chi connectivity index (χ0v) is 15.2. The number of hydrogen-bond acceptors (Lipinski definition) is 4. The molecular formula is C20H20N2O3S. The average molecular weight is 368 g/mol. The van der Waals surface area contributed by atoms with Crippen LogP contribution in [-0.2, 0) is 24.2 Å². The fourth-order valence-corrected chi connectivity index (χ4v) is 5.00. The lowest BCUT2D eigenvalue weighted by atomic mass is 9.86. The minimum absolute atomic E-state index is 0.103. The Labute approximate surface area is 154 Å². The minimum atomic E-state index is -0.843. The van der Waals surface area contributed by atoms with Crippen LogP contribution in [0.4, 0.5) is 0 Å². The quantitative estimate of drug-likeness (QED) is 0.747. The Balaban J connectivity index is 1.65. The summed E-state index contributed by atoms with van der Waals surface area (Å²) in [4.78, 5) is 30.8. The maximum Gasteiger partial charge on any atom is 0.311 e. The fraction of sp³-hybridized carbons (Fsp3) is 0.350. The van der Waals surface area contributed by atoms with Crippen LogP contribution in [-0.4, -0.2) is 20.6 Å². The Morgan fingerprint density at radius 3 is 2.88 bits per heavy atom. The molecular weight excluding hydrogens is 348 g/mol. The topological polar surface area (TPSA) is 72.2 Å². The van der Waals surface area contributed by atoms with Crippen molar-refractivity contribution in [3.05, 3.63) is 63.0 Å². The van der Waals surface area contributed by atoms with E-state index in [1.54, 1.807) is 10.9 Å². The van der Waals surface area contributed by atoms with E-state index in [9.17, 15) is 14.7 Å². The molecule has 26 heavy (non-hydrogen) atoms. The lowest BCUT2D eigenvalue weighted by Gasteiger charge is -2.18. The van der Waals surface area contributed by atoms with Crippen LogP contribution >= 0.6 is 11.3 Å². The van der Waals surface area contributed by atoms with E-state index >= 15 is 0 Å². The number of aromatic nitrogens is 2. The second kappa shape index (κ2) is 7.03. The number of fused-ring (bicyclic) bond motifs is 3. The van der Waals surface area contributed by atoms with Crippen LogP contribution in [0.15, 0.2) is 41.5 Å². The summed E-state index contributed by atoms with van der Waals surface area (Å²) in [5, 5.41) is 10.1. The number of carbonyl (C=O) groups is 1. The van der Waals surface area contributed by atoms with Crippen molar-refractivity contribution < 1.29 is 9.90 Å². The summed E-state index contributed by atoms with van der Waals surface area (Å²) in [5.74, 6) is -1.42. The number of carboxylic acids is 1. The van der Waals surface area contributed by atoms with E-state index in [2.05, 4.69) is 17.1 Å². The number of benzene rings is 1. The average Bonchev–Trinajstić information content (AvgIpc) is 3.03. The largest absolute Gasteiger partial charge is 0.481 e. The van der Waals surface area contributed by atoms with E-state index < -0.39 is 11.9 Å². The van der Waals surface area contributed by atoms with Gasteiger partial charge >= 0.3 is 5.97 Å². The molecule has 1 aliphatic carbocycles. The Kier molecular flexibility index (Phi) is 4.59. The summed E-state index contributed by atoms with van der Waals surface area (Å²) in [6.07, 6.45) is 5.62. The molecule has 1 atom stereocenters. The molecule has 1 unspecified atom stereocenters. The first kappa shape index (κ1) is 17.0. The van der Waals surface area contributed by atoms with Gasteiger partial charge in [-0.1, -0.05) is 30.3 Å². The van der Waals surface area contributed by atoms with Crippen LogP contribution < -0.4 is 5.56 Å². The maximum absolute atomic E-state index is 13.0. The van der Waals surface area contributed by atoms with Crippen molar-refractivity contribution in [3.8, 4) is 0 Å². The summed E-state index contributed by atoms with van der Waals surface area (Å²) >= 11 is 1.48. The van der Waals surface area contributed by atoms with Crippen molar-refractivity contribution in [1.82, 2.24) is 9.55 Å². The molecule has 0 saturated carbocycles. The summed E-state index contributed by atoms with van der Waals surface area (Å²) < 4.78 is 1.63. The van der Waals surface area contributed by atoms with Gasteiger partial charge in [-0.3, -0.25) is 14.2 Å². The van der Waals surface area contributed by atoms with E-state index in [0.717, 1.165) is 36.1 Å². The van der Waals surface area contributed by atoms with Gasteiger partial charge in [-0.15, -0.1) is 11.3 Å². The first-order valence-electron chi connectivity index (χ1n) is 8.92. The van der Waals surface area contributed by atoms with Gasteiger partial charge in [0.25, 0.3) is 5.56 Å². The van der Waals surface area contributed by atoms with Crippen LogP contribution in [0.25, 0.3) is 10.2 Å². The van der Waals surface area contributed by atoms with Gasteiger partial charge in [0.2, 0.25) is 0 Å². The van der Waals surface area contributed by atoms with E-state index in [-0.39, 0.29) is 5.56 Å². The third-order valence-electron chi connectivity index (χ3n) is 5.04. The first-order chi connectivity index (χ1) is 12.6. The summed E-state index contributed by atoms with van der Waals surface area (Å²) in [5.41, 5.74) is 1.86. The Morgan fingerprint density at radius 1 is 1.31 bits per heavy atom. The molecule has 4 rings (SSSR count). The zero-order chi connectivity index (χ0) is 18.1. The normalized spacial score (nSPS) is 16.5. The highest BCUT2D eigenvalue weighted by Gasteiger charge is 2.31. The number of aryl methyl sites for hydroxylation is 3. The van der Waals surface area contributed by atoms with Crippen LogP contribution in [0.2, 0.25) is 0 Å². The zero-order valence-electron chi connectivity index (χ0n) is 14.4. The number of aliphatic carboxylic acids is 1. The summed E-state index contributed by atoms with van der Waals surface area (Å²) in [7, 11) is 0. The van der Waals surface area contributed by atoms with E-state index in [0.29, 0.717) is 23.2 Å². The second-order valence-corrected chi connectivity index (χ2v) is 7.82. The molecule has 6 heteroatoms. The molecule has 2 aromatic heterocycles. The van der Waals surface area contributed by atoms with Gasteiger partial charge in [0.1, 0.15) is 4.83 Å². The van der Waals surface area contributed by atoms with Crippen LogP contribution in [0, 0.1) is 0 Å². The smallest absolute Gasteiger partial charge is 0.311 e. The van der Waals surface area contributed by atoms with Crippen LogP contribution in [0.1, 0.15) is 41.2 Å². The van der Waals surface area contributed by atoms with E-state index in [1.165, 1.54) is 16.9 Å². The molecule has 0 spiro atoms. The van der Waals surface area contributed by atoms with Crippen LogP contribution in [0.3, 0.4) is 0 Å². The van der Waals surface area contributed by atoms with Crippen molar-refractivity contribution in [2.45, 2.75) is 44.6 Å². The minimum Gasteiger partial charge on any atom is -0.481 e. The Morgan fingerprint density at radius 2 is 2.12 bits per heavy atom. The highest BCUT2D eigenvalue weighted by atomic mass is 32.1. The third kappa shape index (κ3) is 3.05. The van der Waals surface area contributed by atoms with Gasteiger partial charge in [-0.05, 0) is 43.2 Å². The summed E-state index contributed by atoms with van der Waals surface area (Å²) in [6.45, 7) is 0.582. The number of carboxylic acid groups (broad SMARTS) is 1. The number of nitrogens with zero attached hydrogens (tertiary/aromatic N) is 2. The van der Waals surface area contributed by atoms with Gasteiger partial charge in [-0.25, -0.2) is 4.98 Å². The van der Waals surface area contributed by atoms with Gasteiger partial charge in [0, 0.05) is 11.4 Å². The number of hydrogen-bond donors (Lipinski definition) is 1. The molecule has 0 amide bonds. The molecule has 0 aliphatic heterocycles. The van der Waals surface area contributed by atoms with E-state index in [4.69, 9.17) is 0 Å². The van der Waals surface area contributed by atoms with Crippen molar-refractivity contribution in [3.63, 3.8) is 0 Å². The van der Waals surface area contributed by atoms with Crippen molar-refractivity contribution in [2.24, 2.45) is 0 Å². The maximum atomic E-state index is 13.0. The molecule has 134 valence electrons. The van der Waals surface area contributed by atoms with Crippen molar-refractivity contribution >= 4 is 27.5 Å². The first-order valence-corrected chi connectivity index (χ1v) is 9.74.